The Labute approximate surface area is 126 Å². The number of hydrogen-bond donors (Lipinski definition) is 1. The van der Waals surface area contributed by atoms with Crippen LogP contribution in [-0.4, -0.2) is 7.11 Å². The molecule has 0 aromatic heterocycles. The SMILES string of the molecule is COc1ccc(C)cc1COc1ccc(C(C)N)cc1C. The molecule has 1 unspecified atom stereocenters. The van der Waals surface area contributed by atoms with Gasteiger partial charge in [-0.25, -0.2) is 0 Å². The van der Waals surface area contributed by atoms with E-state index in [-0.39, 0.29) is 6.04 Å². The van der Waals surface area contributed by atoms with E-state index in [2.05, 4.69) is 19.1 Å². The van der Waals surface area contributed by atoms with E-state index in [0.29, 0.717) is 6.61 Å². The molecule has 3 nitrogen and oxygen atoms in total. The second kappa shape index (κ2) is 6.64. The maximum atomic E-state index is 5.93. The Kier molecular flexibility index (Phi) is 4.86. The van der Waals surface area contributed by atoms with Gasteiger partial charge in [0.15, 0.2) is 0 Å². The summed E-state index contributed by atoms with van der Waals surface area (Å²) in [6, 6.07) is 12.2. The minimum atomic E-state index is 0.0367. The van der Waals surface area contributed by atoms with Crippen molar-refractivity contribution in [2.24, 2.45) is 5.73 Å². The molecule has 2 rings (SSSR count). The fourth-order valence-corrected chi connectivity index (χ4v) is 2.29. The molecule has 3 heteroatoms. The van der Waals surface area contributed by atoms with Crippen LogP contribution in [0.2, 0.25) is 0 Å². The van der Waals surface area contributed by atoms with Gasteiger partial charge in [0.1, 0.15) is 18.1 Å². The molecule has 0 amide bonds. The first-order chi connectivity index (χ1) is 10.0. The Morgan fingerprint density at radius 2 is 1.76 bits per heavy atom. The molecule has 0 aliphatic carbocycles. The van der Waals surface area contributed by atoms with Gasteiger partial charge in [-0.3, -0.25) is 0 Å². The number of methoxy groups -OCH3 is 1. The minimum Gasteiger partial charge on any atom is -0.496 e. The van der Waals surface area contributed by atoms with Crippen LogP contribution in [0.4, 0.5) is 0 Å². The van der Waals surface area contributed by atoms with Crippen molar-refractivity contribution in [1.29, 1.82) is 0 Å². The maximum absolute atomic E-state index is 5.93. The molecule has 0 saturated carbocycles. The lowest BCUT2D eigenvalue weighted by Gasteiger charge is -2.14. The first-order valence-corrected chi connectivity index (χ1v) is 7.13. The Hall–Kier alpha value is -2.00. The number of rotatable bonds is 5. The van der Waals surface area contributed by atoms with Gasteiger partial charge in [-0.2, -0.15) is 0 Å². The molecular weight excluding hydrogens is 262 g/mol. The summed E-state index contributed by atoms with van der Waals surface area (Å²) in [5.74, 6) is 1.73. The Morgan fingerprint density at radius 3 is 2.38 bits per heavy atom. The first-order valence-electron chi connectivity index (χ1n) is 7.13. The van der Waals surface area contributed by atoms with Crippen molar-refractivity contribution >= 4 is 0 Å². The smallest absolute Gasteiger partial charge is 0.125 e. The molecule has 0 aliphatic rings. The van der Waals surface area contributed by atoms with Crippen LogP contribution in [-0.2, 0) is 6.61 Å². The average Bonchev–Trinajstić information content (AvgIpc) is 2.46. The van der Waals surface area contributed by atoms with Crippen molar-refractivity contribution in [3.05, 3.63) is 58.7 Å². The van der Waals surface area contributed by atoms with Gasteiger partial charge in [-0.05, 0) is 50.1 Å². The van der Waals surface area contributed by atoms with Crippen molar-refractivity contribution in [3.63, 3.8) is 0 Å². The van der Waals surface area contributed by atoms with Crippen molar-refractivity contribution in [3.8, 4) is 11.5 Å². The monoisotopic (exact) mass is 285 g/mol. The summed E-state index contributed by atoms with van der Waals surface area (Å²) in [5.41, 5.74) is 10.3. The van der Waals surface area contributed by atoms with E-state index < -0.39 is 0 Å². The standard InChI is InChI=1S/C18H23NO2/c1-12-5-7-18(20-4)16(9-12)11-21-17-8-6-15(14(3)19)10-13(17)2/h5-10,14H,11,19H2,1-4H3. The van der Waals surface area contributed by atoms with Gasteiger partial charge < -0.3 is 15.2 Å². The molecule has 0 radical (unpaired) electrons. The highest BCUT2D eigenvalue weighted by molar-refractivity contribution is 5.39. The molecule has 2 aromatic rings. The van der Waals surface area contributed by atoms with E-state index in [1.165, 1.54) is 5.56 Å². The zero-order valence-corrected chi connectivity index (χ0v) is 13.1. The highest BCUT2D eigenvalue weighted by atomic mass is 16.5. The molecule has 0 fully saturated rings. The van der Waals surface area contributed by atoms with E-state index in [1.807, 2.05) is 38.1 Å². The van der Waals surface area contributed by atoms with Gasteiger partial charge in [-0.15, -0.1) is 0 Å². The average molecular weight is 285 g/mol. The van der Waals surface area contributed by atoms with Crippen LogP contribution >= 0.6 is 0 Å². The molecule has 0 saturated heterocycles. The predicted octanol–water partition coefficient (Wildman–Crippen LogP) is 3.91. The Balaban J connectivity index is 2.15. The van der Waals surface area contributed by atoms with E-state index in [1.54, 1.807) is 7.11 Å². The predicted molar refractivity (Wildman–Crippen MR) is 85.8 cm³/mol. The third kappa shape index (κ3) is 3.76. The molecule has 0 aliphatic heterocycles. The van der Waals surface area contributed by atoms with Gasteiger partial charge in [0.05, 0.1) is 7.11 Å². The Bertz CT molecular complexity index is 621. The Morgan fingerprint density at radius 1 is 1.05 bits per heavy atom. The summed E-state index contributed by atoms with van der Waals surface area (Å²) in [6.07, 6.45) is 0. The summed E-state index contributed by atoms with van der Waals surface area (Å²) in [7, 11) is 1.68. The van der Waals surface area contributed by atoms with Crippen LogP contribution in [0.5, 0.6) is 11.5 Å². The van der Waals surface area contributed by atoms with Crippen molar-refractivity contribution in [2.45, 2.75) is 33.4 Å². The number of aryl methyl sites for hydroxylation is 2. The minimum absolute atomic E-state index is 0.0367. The van der Waals surface area contributed by atoms with Gasteiger partial charge in [0.2, 0.25) is 0 Å². The molecule has 112 valence electrons. The summed E-state index contributed by atoms with van der Waals surface area (Å²) in [5, 5.41) is 0. The summed E-state index contributed by atoms with van der Waals surface area (Å²) in [4.78, 5) is 0. The molecule has 1 atom stereocenters. The van der Waals surface area contributed by atoms with Gasteiger partial charge >= 0.3 is 0 Å². The van der Waals surface area contributed by atoms with E-state index in [9.17, 15) is 0 Å². The third-order valence-electron chi connectivity index (χ3n) is 3.54. The second-order valence-corrected chi connectivity index (χ2v) is 5.42. The third-order valence-corrected chi connectivity index (χ3v) is 3.54. The molecule has 0 spiro atoms. The van der Waals surface area contributed by atoms with Crippen LogP contribution in [0.3, 0.4) is 0 Å². The van der Waals surface area contributed by atoms with Crippen LogP contribution in [0.1, 0.15) is 35.2 Å². The first kappa shape index (κ1) is 15.4. The molecule has 2 aromatic carbocycles. The van der Waals surface area contributed by atoms with Crippen molar-refractivity contribution in [1.82, 2.24) is 0 Å². The summed E-state index contributed by atoms with van der Waals surface area (Å²) >= 11 is 0. The molecule has 2 N–H and O–H groups in total. The number of benzene rings is 2. The number of hydrogen-bond acceptors (Lipinski definition) is 3. The quantitative estimate of drug-likeness (QED) is 0.905. The van der Waals surface area contributed by atoms with Crippen LogP contribution in [0.25, 0.3) is 0 Å². The molecule has 21 heavy (non-hydrogen) atoms. The highest BCUT2D eigenvalue weighted by Crippen LogP contribution is 2.25. The van der Waals surface area contributed by atoms with E-state index in [0.717, 1.165) is 28.2 Å². The van der Waals surface area contributed by atoms with Crippen molar-refractivity contribution in [2.75, 3.05) is 7.11 Å². The second-order valence-electron chi connectivity index (χ2n) is 5.42. The summed E-state index contributed by atoms with van der Waals surface area (Å²) in [6.45, 7) is 6.57. The molecule has 0 bridgehead atoms. The van der Waals surface area contributed by atoms with E-state index >= 15 is 0 Å². The lowest BCUT2D eigenvalue weighted by atomic mass is 10.1. The molecular formula is C18H23NO2. The number of ether oxygens (including phenoxy) is 2. The largest absolute Gasteiger partial charge is 0.496 e. The van der Waals surface area contributed by atoms with Gasteiger partial charge in [0, 0.05) is 11.6 Å². The van der Waals surface area contributed by atoms with Crippen LogP contribution in [0, 0.1) is 13.8 Å². The van der Waals surface area contributed by atoms with Crippen LogP contribution in [0.15, 0.2) is 36.4 Å². The molecule has 0 heterocycles. The maximum Gasteiger partial charge on any atom is 0.125 e. The zero-order chi connectivity index (χ0) is 15.4. The van der Waals surface area contributed by atoms with E-state index in [4.69, 9.17) is 15.2 Å². The normalized spacial score (nSPS) is 12.0. The summed E-state index contributed by atoms with van der Waals surface area (Å²) < 4.78 is 11.3. The lowest BCUT2D eigenvalue weighted by molar-refractivity contribution is 0.294. The fraction of sp³-hybridized carbons (Fsp3) is 0.333. The lowest BCUT2D eigenvalue weighted by Crippen LogP contribution is -2.06. The number of nitrogens with two attached hydrogens (primary N) is 1. The van der Waals surface area contributed by atoms with Gasteiger partial charge in [-0.1, -0.05) is 23.8 Å². The van der Waals surface area contributed by atoms with Crippen molar-refractivity contribution < 1.29 is 9.47 Å². The van der Waals surface area contributed by atoms with Crippen LogP contribution < -0.4 is 15.2 Å². The highest BCUT2D eigenvalue weighted by Gasteiger charge is 2.07. The van der Waals surface area contributed by atoms with Gasteiger partial charge in [0.25, 0.3) is 0 Å². The topological polar surface area (TPSA) is 44.5 Å². The zero-order valence-electron chi connectivity index (χ0n) is 13.1. The fourth-order valence-electron chi connectivity index (χ4n) is 2.29.